The SMILES string of the molecule is COC(=O)Nc1ccc(Cl)c2ccccc12. The van der Waals surface area contributed by atoms with Crippen LogP contribution < -0.4 is 5.32 Å². The Morgan fingerprint density at radius 2 is 1.88 bits per heavy atom. The van der Waals surface area contributed by atoms with Gasteiger partial charge in [0.15, 0.2) is 0 Å². The number of nitrogens with one attached hydrogen (secondary N) is 1. The van der Waals surface area contributed by atoms with Crippen molar-refractivity contribution in [3.05, 3.63) is 41.4 Å². The summed E-state index contributed by atoms with van der Waals surface area (Å²) in [6, 6.07) is 11.1. The molecule has 0 radical (unpaired) electrons. The van der Waals surface area contributed by atoms with Gasteiger partial charge in [0.2, 0.25) is 0 Å². The van der Waals surface area contributed by atoms with E-state index in [0.717, 1.165) is 10.8 Å². The zero-order chi connectivity index (χ0) is 11.5. The lowest BCUT2D eigenvalue weighted by Crippen LogP contribution is -2.11. The molecule has 3 nitrogen and oxygen atoms in total. The number of anilines is 1. The molecule has 2 aromatic carbocycles. The second kappa shape index (κ2) is 4.41. The molecule has 16 heavy (non-hydrogen) atoms. The molecule has 82 valence electrons. The first kappa shape index (κ1) is 10.8. The number of fused-ring (bicyclic) bond motifs is 1. The molecule has 1 N–H and O–H groups in total. The van der Waals surface area contributed by atoms with Gasteiger partial charge < -0.3 is 4.74 Å². The first-order chi connectivity index (χ1) is 7.72. The van der Waals surface area contributed by atoms with Crippen LogP contribution in [0, 0.1) is 0 Å². The van der Waals surface area contributed by atoms with Crippen molar-refractivity contribution >= 4 is 34.2 Å². The van der Waals surface area contributed by atoms with Crippen molar-refractivity contribution < 1.29 is 9.53 Å². The van der Waals surface area contributed by atoms with Crippen LogP contribution in [0.3, 0.4) is 0 Å². The maximum Gasteiger partial charge on any atom is 0.411 e. The quantitative estimate of drug-likeness (QED) is 0.819. The van der Waals surface area contributed by atoms with Gasteiger partial charge in [-0.25, -0.2) is 4.79 Å². The lowest BCUT2D eigenvalue weighted by atomic mass is 10.1. The number of benzene rings is 2. The van der Waals surface area contributed by atoms with E-state index in [4.69, 9.17) is 11.6 Å². The molecule has 0 aromatic heterocycles. The van der Waals surface area contributed by atoms with E-state index in [0.29, 0.717) is 10.7 Å². The van der Waals surface area contributed by atoms with Crippen LogP contribution in [0.2, 0.25) is 5.02 Å². The Morgan fingerprint density at radius 3 is 2.56 bits per heavy atom. The molecule has 0 saturated carbocycles. The van der Waals surface area contributed by atoms with E-state index in [-0.39, 0.29) is 0 Å². The molecule has 0 atom stereocenters. The highest BCUT2D eigenvalue weighted by Crippen LogP contribution is 2.29. The zero-order valence-electron chi connectivity index (χ0n) is 8.66. The van der Waals surface area contributed by atoms with Gasteiger partial charge in [-0.1, -0.05) is 35.9 Å². The van der Waals surface area contributed by atoms with E-state index in [1.54, 1.807) is 12.1 Å². The third-order valence-corrected chi connectivity index (χ3v) is 2.62. The van der Waals surface area contributed by atoms with E-state index in [2.05, 4.69) is 10.1 Å². The second-order valence-electron chi connectivity index (χ2n) is 3.26. The summed E-state index contributed by atoms with van der Waals surface area (Å²) in [6.07, 6.45) is -0.493. The number of halogens is 1. The average Bonchev–Trinajstić information content (AvgIpc) is 2.33. The molecule has 0 aliphatic heterocycles. The lowest BCUT2D eigenvalue weighted by molar-refractivity contribution is 0.187. The zero-order valence-corrected chi connectivity index (χ0v) is 9.41. The summed E-state index contributed by atoms with van der Waals surface area (Å²) in [5, 5.41) is 5.09. The fourth-order valence-electron chi connectivity index (χ4n) is 1.53. The first-order valence-electron chi connectivity index (χ1n) is 4.74. The number of carbonyl (C=O) groups is 1. The summed E-state index contributed by atoms with van der Waals surface area (Å²) < 4.78 is 4.55. The van der Waals surface area contributed by atoms with Gasteiger partial charge in [-0.3, -0.25) is 5.32 Å². The number of hydrogen-bond acceptors (Lipinski definition) is 2. The molecule has 1 amide bonds. The van der Waals surface area contributed by atoms with Crippen LogP contribution in [0.4, 0.5) is 10.5 Å². The third kappa shape index (κ3) is 1.95. The van der Waals surface area contributed by atoms with Crippen molar-refractivity contribution in [1.29, 1.82) is 0 Å². The van der Waals surface area contributed by atoms with Crippen LogP contribution in [0.5, 0.6) is 0 Å². The van der Waals surface area contributed by atoms with Gasteiger partial charge in [-0.15, -0.1) is 0 Å². The van der Waals surface area contributed by atoms with Gasteiger partial charge in [-0.05, 0) is 12.1 Å². The number of rotatable bonds is 1. The third-order valence-electron chi connectivity index (χ3n) is 2.29. The van der Waals surface area contributed by atoms with Crippen molar-refractivity contribution in [2.24, 2.45) is 0 Å². The molecule has 0 spiro atoms. The predicted octanol–water partition coefficient (Wildman–Crippen LogP) is 3.67. The van der Waals surface area contributed by atoms with E-state index in [1.165, 1.54) is 7.11 Å². The Bertz CT molecular complexity index is 540. The molecule has 0 aliphatic carbocycles. The number of carbonyl (C=O) groups excluding carboxylic acids is 1. The molecule has 0 bridgehead atoms. The summed E-state index contributed by atoms with van der Waals surface area (Å²) in [4.78, 5) is 11.1. The number of ether oxygens (including phenoxy) is 1. The minimum absolute atomic E-state index is 0.493. The minimum atomic E-state index is -0.493. The van der Waals surface area contributed by atoms with Crippen LogP contribution in [0.15, 0.2) is 36.4 Å². The topological polar surface area (TPSA) is 38.3 Å². The van der Waals surface area contributed by atoms with Gasteiger partial charge in [0.25, 0.3) is 0 Å². The minimum Gasteiger partial charge on any atom is -0.453 e. The smallest absolute Gasteiger partial charge is 0.411 e. The van der Waals surface area contributed by atoms with Crippen LogP contribution >= 0.6 is 11.6 Å². The summed E-state index contributed by atoms with van der Waals surface area (Å²) in [5.74, 6) is 0. The molecule has 2 aromatic rings. The van der Waals surface area contributed by atoms with Crippen LogP contribution in [-0.2, 0) is 4.74 Å². The fraction of sp³-hybridized carbons (Fsp3) is 0.0833. The fourth-order valence-corrected chi connectivity index (χ4v) is 1.76. The highest BCUT2D eigenvalue weighted by molar-refractivity contribution is 6.36. The molecular formula is C12H10ClNO2. The number of hydrogen-bond donors (Lipinski definition) is 1. The van der Waals surface area contributed by atoms with E-state index in [1.807, 2.05) is 24.3 Å². The predicted molar refractivity (Wildman–Crippen MR) is 65.0 cm³/mol. The maximum absolute atomic E-state index is 11.1. The van der Waals surface area contributed by atoms with E-state index >= 15 is 0 Å². The molecule has 2 rings (SSSR count). The molecule has 0 unspecified atom stereocenters. The molecule has 0 fully saturated rings. The van der Waals surface area contributed by atoms with Gasteiger partial charge in [-0.2, -0.15) is 0 Å². The normalized spacial score (nSPS) is 10.1. The van der Waals surface area contributed by atoms with Gasteiger partial charge in [0, 0.05) is 15.8 Å². The number of amides is 1. The molecule has 0 aliphatic rings. The average molecular weight is 236 g/mol. The Morgan fingerprint density at radius 1 is 1.19 bits per heavy atom. The van der Waals surface area contributed by atoms with E-state index < -0.39 is 6.09 Å². The molecular weight excluding hydrogens is 226 g/mol. The summed E-state index contributed by atoms with van der Waals surface area (Å²) in [7, 11) is 1.33. The summed E-state index contributed by atoms with van der Waals surface area (Å²) in [6.45, 7) is 0. The van der Waals surface area contributed by atoms with Crippen molar-refractivity contribution in [3.63, 3.8) is 0 Å². The second-order valence-corrected chi connectivity index (χ2v) is 3.66. The van der Waals surface area contributed by atoms with Crippen LogP contribution in [0.25, 0.3) is 10.8 Å². The van der Waals surface area contributed by atoms with Crippen molar-refractivity contribution in [2.75, 3.05) is 12.4 Å². The molecule has 0 heterocycles. The Hall–Kier alpha value is -1.74. The van der Waals surface area contributed by atoms with Gasteiger partial charge in [0.1, 0.15) is 0 Å². The Balaban J connectivity index is 2.54. The molecule has 0 saturated heterocycles. The van der Waals surface area contributed by atoms with Crippen LogP contribution in [0.1, 0.15) is 0 Å². The summed E-state index contributed by atoms with van der Waals surface area (Å²) in [5.41, 5.74) is 0.687. The monoisotopic (exact) mass is 235 g/mol. The Kier molecular flexibility index (Phi) is 2.97. The van der Waals surface area contributed by atoms with Crippen LogP contribution in [-0.4, -0.2) is 13.2 Å². The standard InChI is InChI=1S/C12H10ClNO2/c1-16-12(15)14-11-7-6-10(13)8-4-2-3-5-9(8)11/h2-7H,1H3,(H,14,15). The highest BCUT2D eigenvalue weighted by atomic mass is 35.5. The van der Waals surface area contributed by atoms with Crippen molar-refractivity contribution in [3.8, 4) is 0 Å². The van der Waals surface area contributed by atoms with Crippen molar-refractivity contribution in [1.82, 2.24) is 0 Å². The maximum atomic E-state index is 11.1. The number of methoxy groups -OCH3 is 1. The first-order valence-corrected chi connectivity index (χ1v) is 5.12. The van der Waals surface area contributed by atoms with Gasteiger partial charge >= 0.3 is 6.09 Å². The largest absolute Gasteiger partial charge is 0.453 e. The Labute approximate surface area is 98.0 Å². The van der Waals surface area contributed by atoms with E-state index in [9.17, 15) is 4.79 Å². The molecule has 4 heteroatoms. The highest BCUT2D eigenvalue weighted by Gasteiger charge is 2.06. The van der Waals surface area contributed by atoms with Gasteiger partial charge in [0.05, 0.1) is 12.8 Å². The summed E-state index contributed by atoms with van der Waals surface area (Å²) >= 11 is 6.06. The van der Waals surface area contributed by atoms with Crippen molar-refractivity contribution in [2.45, 2.75) is 0 Å². The lowest BCUT2D eigenvalue weighted by Gasteiger charge is -2.08.